The maximum atomic E-state index is 12.5. The van der Waals surface area contributed by atoms with Gasteiger partial charge in [0.05, 0.1) is 15.3 Å². The second-order valence-corrected chi connectivity index (χ2v) is 8.12. The molecular weight excluding hydrogens is 339 g/mol. The first-order valence-corrected chi connectivity index (χ1v) is 9.39. The number of halogens is 2. The van der Waals surface area contributed by atoms with Crippen LogP contribution in [0, 0.1) is 0 Å². The van der Waals surface area contributed by atoms with Crippen molar-refractivity contribution in [3.63, 3.8) is 0 Å². The van der Waals surface area contributed by atoms with Crippen molar-refractivity contribution in [3.05, 3.63) is 33.8 Å². The van der Waals surface area contributed by atoms with Gasteiger partial charge in [0.2, 0.25) is 5.91 Å². The molecular formula is C16H20Cl2N2OS. The highest BCUT2D eigenvalue weighted by atomic mass is 35.5. The van der Waals surface area contributed by atoms with Crippen molar-refractivity contribution < 1.29 is 4.79 Å². The minimum Gasteiger partial charge on any atom is -0.324 e. The molecule has 0 unspecified atom stereocenters. The van der Waals surface area contributed by atoms with E-state index >= 15 is 0 Å². The van der Waals surface area contributed by atoms with Gasteiger partial charge in [-0.3, -0.25) is 4.79 Å². The number of amides is 1. The van der Waals surface area contributed by atoms with Gasteiger partial charge in [-0.25, -0.2) is 0 Å². The Hall–Kier alpha value is -0.420. The second kappa shape index (κ2) is 7.00. The molecule has 0 aromatic heterocycles. The van der Waals surface area contributed by atoms with Gasteiger partial charge in [-0.1, -0.05) is 29.3 Å². The average molecular weight is 359 g/mol. The zero-order valence-corrected chi connectivity index (χ0v) is 14.9. The van der Waals surface area contributed by atoms with Crippen molar-refractivity contribution in [2.24, 2.45) is 0 Å². The van der Waals surface area contributed by atoms with Crippen LogP contribution in [0.4, 0.5) is 0 Å². The normalized spacial score (nSPS) is 26.1. The van der Waals surface area contributed by atoms with Gasteiger partial charge in [-0.05, 0) is 50.6 Å². The van der Waals surface area contributed by atoms with Crippen molar-refractivity contribution in [2.45, 2.75) is 30.4 Å². The van der Waals surface area contributed by atoms with Gasteiger partial charge in [0.1, 0.15) is 5.37 Å². The first-order valence-electron chi connectivity index (χ1n) is 7.69. The Kier molecular flexibility index (Phi) is 5.23. The third-order valence-corrected chi connectivity index (χ3v) is 6.46. The highest BCUT2D eigenvalue weighted by Crippen LogP contribution is 2.43. The molecule has 3 rings (SSSR count). The molecule has 1 amide bonds. The summed E-state index contributed by atoms with van der Waals surface area (Å²) in [6, 6.07) is 5.67. The highest BCUT2D eigenvalue weighted by Gasteiger charge is 2.38. The summed E-state index contributed by atoms with van der Waals surface area (Å²) in [4.78, 5) is 16.9. The zero-order chi connectivity index (χ0) is 15.7. The lowest BCUT2D eigenvalue weighted by Gasteiger charge is -2.26. The van der Waals surface area contributed by atoms with E-state index in [1.54, 1.807) is 11.8 Å². The number of likely N-dealkylation sites (tertiary alicyclic amines) is 1. The Bertz CT molecular complexity index is 563. The van der Waals surface area contributed by atoms with E-state index in [1.807, 2.05) is 30.0 Å². The summed E-state index contributed by atoms with van der Waals surface area (Å²) in [6.07, 6.45) is 2.55. The molecule has 0 bridgehead atoms. The molecule has 0 radical (unpaired) electrons. The zero-order valence-electron chi connectivity index (χ0n) is 12.6. The molecule has 2 saturated heterocycles. The maximum Gasteiger partial charge on any atom is 0.236 e. The fourth-order valence-electron chi connectivity index (χ4n) is 3.08. The molecule has 120 valence electrons. The Labute approximate surface area is 145 Å². The number of hydrogen-bond donors (Lipinski definition) is 0. The first-order chi connectivity index (χ1) is 10.6. The third-order valence-electron chi connectivity index (χ3n) is 4.33. The summed E-state index contributed by atoms with van der Waals surface area (Å²) in [5.74, 6) is 0.222. The summed E-state index contributed by atoms with van der Waals surface area (Å²) in [5, 5.41) is 1.14. The van der Waals surface area contributed by atoms with Crippen molar-refractivity contribution >= 4 is 40.9 Å². The molecule has 1 aromatic rings. The van der Waals surface area contributed by atoms with Crippen molar-refractivity contribution in [1.82, 2.24) is 9.80 Å². The van der Waals surface area contributed by atoms with E-state index in [-0.39, 0.29) is 16.5 Å². The Morgan fingerprint density at radius 1 is 1.18 bits per heavy atom. The number of benzene rings is 1. The summed E-state index contributed by atoms with van der Waals surface area (Å²) in [5.41, 5.74) is 1.05. The van der Waals surface area contributed by atoms with Crippen LogP contribution in [-0.4, -0.2) is 47.1 Å². The van der Waals surface area contributed by atoms with E-state index in [0.29, 0.717) is 10.0 Å². The molecule has 22 heavy (non-hydrogen) atoms. The van der Waals surface area contributed by atoms with Crippen LogP contribution in [0.15, 0.2) is 18.2 Å². The van der Waals surface area contributed by atoms with Gasteiger partial charge in [0, 0.05) is 13.1 Å². The lowest BCUT2D eigenvalue weighted by Crippen LogP contribution is -2.37. The highest BCUT2D eigenvalue weighted by molar-refractivity contribution is 8.01. The topological polar surface area (TPSA) is 23.6 Å². The second-order valence-electron chi connectivity index (χ2n) is 5.88. The maximum absolute atomic E-state index is 12.5. The predicted octanol–water partition coefficient (Wildman–Crippen LogP) is 4.05. The summed E-state index contributed by atoms with van der Waals surface area (Å²) < 4.78 is 0. The van der Waals surface area contributed by atoms with E-state index < -0.39 is 0 Å². The number of thioether (sulfide) groups is 1. The number of carbonyl (C=O) groups is 1. The molecule has 2 heterocycles. The van der Waals surface area contributed by atoms with Gasteiger partial charge in [0.25, 0.3) is 0 Å². The van der Waals surface area contributed by atoms with Crippen molar-refractivity contribution in [1.29, 1.82) is 0 Å². The molecule has 1 aromatic carbocycles. The summed E-state index contributed by atoms with van der Waals surface area (Å²) in [7, 11) is 0. The van der Waals surface area contributed by atoms with E-state index in [0.717, 1.165) is 31.7 Å². The summed E-state index contributed by atoms with van der Waals surface area (Å²) in [6.45, 7) is 6.02. The van der Waals surface area contributed by atoms with Crippen LogP contribution < -0.4 is 0 Å². The quantitative estimate of drug-likeness (QED) is 0.810. The van der Waals surface area contributed by atoms with Crippen LogP contribution in [0.3, 0.4) is 0 Å². The molecule has 6 heteroatoms. The van der Waals surface area contributed by atoms with Crippen LogP contribution in [-0.2, 0) is 4.79 Å². The average Bonchev–Trinajstić information content (AvgIpc) is 3.10. The van der Waals surface area contributed by atoms with Crippen molar-refractivity contribution in [2.75, 3.05) is 26.2 Å². The molecule has 2 atom stereocenters. The Morgan fingerprint density at radius 2 is 1.91 bits per heavy atom. The van der Waals surface area contributed by atoms with Crippen LogP contribution in [0.5, 0.6) is 0 Å². The predicted molar refractivity (Wildman–Crippen MR) is 93.6 cm³/mol. The van der Waals surface area contributed by atoms with Gasteiger partial charge in [0.15, 0.2) is 0 Å². The largest absolute Gasteiger partial charge is 0.324 e. The lowest BCUT2D eigenvalue weighted by molar-refractivity contribution is -0.130. The minimum atomic E-state index is -0.00182. The lowest BCUT2D eigenvalue weighted by atomic mass is 10.2. The van der Waals surface area contributed by atoms with Gasteiger partial charge in [-0.2, -0.15) is 0 Å². The summed E-state index contributed by atoms with van der Waals surface area (Å²) >= 11 is 13.8. The molecule has 0 aliphatic carbocycles. The molecule has 3 nitrogen and oxygen atoms in total. The Morgan fingerprint density at radius 3 is 2.59 bits per heavy atom. The van der Waals surface area contributed by atoms with Gasteiger partial charge >= 0.3 is 0 Å². The Balaban J connectivity index is 1.75. The smallest absolute Gasteiger partial charge is 0.236 e. The van der Waals surface area contributed by atoms with E-state index in [2.05, 4.69) is 4.90 Å². The molecule has 2 aliphatic rings. The van der Waals surface area contributed by atoms with Gasteiger partial charge < -0.3 is 9.80 Å². The molecule has 0 spiro atoms. The number of hydrogen-bond acceptors (Lipinski definition) is 3. The van der Waals surface area contributed by atoms with Crippen LogP contribution in [0.25, 0.3) is 0 Å². The van der Waals surface area contributed by atoms with Gasteiger partial charge in [-0.15, -0.1) is 11.8 Å². The number of nitrogens with zero attached hydrogens (tertiary/aromatic N) is 2. The van der Waals surface area contributed by atoms with E-state index in [4.69, 9.17) is 23.2 Å². The molecule has 0 saturated carbocycles. The minimum absolute atomic E-state index is 0.00182. The van der Waals surface area contributed by atoms with Crippen LogP contribution >= 0.6 is 35.0 Å². The number of carbonyl (C=O) groups excluding carboxylic acids is 1. The fourth-order valence-corrected chi connectivity index (χ4v) is 4.69. The van der Waals surface area contributed by atoms with Crippen molar-refractivity contribution in [3.8, 4) is 0 Å². The SMILES string of the molecule is C[C@@H]1S[C@H](c2ccc(Cl)c(Cl)c2)N(CCN2CCCC2)C1=O. The standard InChI is InChI=1S/C16H20Cl2N2OS/c1-11-15(21)20(9-8-19-6-2-3-7-19)16(22-11)12-4-5-13(17)14(18)10-12/h4-5,10-11,16H,2-3,6-9H2,1H3/t11-,16+/m0/s1. The monoisotopic (exact) mass is 358 g/mol. The van der Waals surface area contributed by atoms with E-state index in [9.17, 15) is 4.79 Å². The molecule has 2 fully saturated rings. The van der Waals surface area contributed by atoms with Crippen LogP contribution in [0.1, 0.15) is 30.7 Å². The molecule has 0 N–H and O–H groups in total. The number of rotatable bonds is 4. The van der Waals surface area contributed by atoms with Crippen LogP contribution in [0.2, 0.25) is 10.0 Å². The fraction of sp³-hybridized carbons (Fsp3) is 0.562. The first kappa shape index (κ1) is 16.4. The third kappa shape index (κ3) is 3.40. The molecule has 2 aliphatic heterocycles. The van der Waals surface area contributed by atoms with E-state index in [1.165, 1.54) is 12.8 Å².